The van der Waals surface area contributed by atoms with E-state index in [1.165, 1.54) is 5.56 Å². The lowest BCUT2D eigenvalue weighted by atomic mass is 10.1. The Hall–Kier alpha value is -4.13. The summed E-state index contributed by atoms with van der Waals surface area (Å²) in [4.78, 5) is 17.9. The molecule has 3 heterocycles. The standard InChI is InChI=1S/C26H24N4O3/c1-16-9-10-19(17(2)13-16)25-27-22(18(3)33-25)15-29-11-12-30-23(26(29)31)14-21(28-30)20-7-5-6-8-24(20)32-4/h5-14H,15H2,1-4H3. The molecule has 0 radical (unpaired) electrons. The van der Waals surface area contributed by atoms with E-state index in [0.717, 1.165) is 22.4 Å². The monoisotopic (exact) mass is 440 g/mol. The van der Waals surface area contributed by atoms with Crippen LogP contribution in [0, 0.1) is 20.8 Å². The van der Waals surface area contributed by atoms with Crippen LogP contribution in [0.25, 0.3) is 28.2 Å². The van der Waals surface area contributed by atoms with Crippen LogP contribution < -0.4 is 10.3 Å². The van der Waals surface area contributed by atoms with Crippen LogP contribution >= 0.6 is 0 Å². The van der Waals surface area contributed by atoms with Crippen molar-refractivity contribution in [2.75, 3.05) is 7.11 Å². The summed E-state index contributed by atoms with van der Waals surface area (Å²) >= 11 is 0. The van der Waals surface area contributed by atoms with Crippen molar-refractivity contribution in [3.63, 3.8) is 0 Å². The molecule has 3 aromatic heterocycles. The first-order chi connectivity index (χ1) is 15.9. The normalized spacial score (nSPS) is 11.3. The van der Waals surface area contributed by atoms with E-state index in [9.17, 15) is 4.79 Å². The summed E-state index contributed by atoms with van der Waals surface area (Å²) in [6.07, 6.45) is 3.50. The molecule has 0 amide bonds. The van der Waals surface area contributed by atoms with Gasteiger partial charge in [0.25, 0.3) is 5.56 Å². The number of fused-ring (bicyclic) bond motifs is 1. The van der Waals surface area contributed by atoms with Crippen molar-refractivity contribution in [2.24, 2.45) is 0 Å². The number of nitrogens with zero attached hydrogens (tertiary/aromatic N) is 4. The predicted octanol–water partition coefficient (Wildman–Crippen LogP) is 4.80. The molecule has 7 heteroatoms. The van der Waals surface area contributed by atoms with Crippen LogP contribution in [0.15, 0.2) is 70.1 Å². The zero-order valence-corrected chi connectivity index (χ0v) is 19.0. The lowest BCUT2D eigenvalue weighted by molar-refractivity contribution is 0.416. The van der Waals surface area contributed by atoms with Crippen LogP contribution in [0.5, 0.6) is 5.75 Å². The molecule has 5 aromatic rings. The Kier molecular flexibility index (Phi) is 5.09. The van der Waals surface area contributed by atoms with Gasteiger partial charge in [0.2, 0.25) is 5.89 Å². The fourth-order valence-electron chi connectivity index (χ4n) is 4.04. The topological polar surface area (TPSA) is 74.6 Å². The van der Waals surface area contributed by atoms with E-state index in [2.05, 4.69) is 18.1 Å². The summed E-state index contributed by atoms with van der Waals surface area (Å²) in [6.45, 7) is 6.28. The van der Waals surface area contributed by atoms with Gasteiger partial charge in [0.1, 0.15) is 22.7 Å². The lowest BCUT2D eigenvalue weighted by Gasteiger charge is -2.04. The molecule has 0 aliphatic carbocycles. The van der Waals surface area contributed by atoms with Crippen molar-refractivity contribution in [1.82, 2.24) is 19.2 Å². The van der Waals surface area contributed by atoms with Crippen molar-refractivity contribution >= 4 is 5.52 Å². The van der Waals surface area contributed by atoms with Crippen molar-refractivity contribution in [3.8, 4) is 28.5 Å². The summed E-state index contributed by atoms with van der Waals surface area (Å²) in [6, 6.07) is 15.6. The number of para-hydroxylation sites is 1. The summed E-state index contributed by atoms with van der Waals surface area (Å²) < 4.78 is 14.6. The number of oxazole rings is 1. The van der Waals surface area contributed by atoms with Crippen LogP contribution in [0.1, 0.15) is 22.6 Å². The number of hydrogen-bond acceptors (Lipinski definition) is 5. The molecule has 0 atom stereocenters. The first-order valence-electron chi connectivity index (χ1n) is 10.7. The van der Waals surface area contributed by atoms with Gasteiger partial charge in [0, 0.05) is 23.5 Å². The Morgan fingerprint density at radius 3 is 2.61 bits per heavy atom. The van der Waals surface area contributed by atoms with Gasteiger partial charge in [0.05, 0.1) is 19.3 Å². The summed E-state index contributed by atoms with van der Waals surface area (Å²) in [5.41, 5.74) is 5.81. The molecule has 5 rings (SSSR count). The van der Waals surface area contributed by atoms with Crippen molar-refractivity contribution in [1.29, 1.82) is 0 Å². The molecule has 166 valence electrons. The Morgan fingerprint density at radius 2 is 1.82 bits per heavy atom. The molecule has 0 bridgehead atoms. The van der Waals surface area contributed by atoms with Gasteiger partial charge < -0.3 is 13.7 Å². The zero-order valence-electron chi connectivity index (χ0n) is 19.0. The Labute approximate surface area is 190 Å². The quantitative estimate of drug-likeness (QED) is 0.392. The number of aromatic nitrogens is 4. The average molecular weight is 441 g/mol. The molecule has 7 nitrogen and oxygen atoms in total. The highest BCUT2D eigenvalue weighted by molar-refractivity contribution is 5.71. The highest BCUT2D eigenvalue weighted by Gasteiger charge is 2.16. The summed E-state index contributed by atoms with van der Waals surface area (Å²) in [7, 11) is 1.62. The van der Waals surface area contributed by atoms with Crippen molar-refractivity contribution < 1.29 is 9.15 Å². The number of rotatable bonds is 5. The maximum Gasteiger partial charge on any atom is 0.276 e. The van der Waals surface area contributed by atoms with E-state index in [0.29, 0.717) is 35.2 Å². The van der Waals surface area contributed by atoms with Gasteiger partial charge in [-0.3, -0.25) is 4.79 Å². The highest BCUT2D eigenvalue weighted by atomic mass is 16.5. The van der Waals surface area contributed by atoms with Crippen LogP contribution in [0.2, 0.25) is 0 Å². The van der Waals surface area contributed by atoms with Gasteiger partial charge >= 0.3 is 0 Å². The molecule has 0 saturated carbocycles. The van der Waals surface area contributed by atoms with Crippen LogP contribution in [0.4, 0.5) is 0 Å². The van der Waals surface area contributed by atoms with Crippen LogP contribution in [0.3, 0.4) is 0 Å². The fourth-order valence-corrected chi connectivity index (χ4v) is 4.04. The van der Waals surface area contributed by atoms with E-state index in [4.69, 9.17) is 14.1 Å². The molecule has 0 N–H and O–H groups in total. The van der Waals surface area contributed by atoms with Gasteiger partial charge in [-0.1, -0.05) is 29.8 Å². The minimum atomic E-state index is -0.151. The third kappa shape index (κ3) is 3.71. The molecule has 0 unspecified atom stereocenters. The lowest BCUT2D eigenvalue weighted by Crippen LogP contribution is -2.22. The summed E-state index contributed by atoms with van der Waals surface area (Å²) in [5, 5.41) is 4.57. The molecule has 33 heavy (non-hydrogen) atoms. The molecule has 0 fully saturated rings. The maximum absolute atomic E-state index is 13.2. The van der Waals surface area contributed by atoms with Gasteiger partial charge in [-0.05, 0) is 50.6 Å². The number of aryl methyl sites for hydroxylation is 3. The molecule has 0 aliphatic heterocycles. The van der Waals surface area contributed by atoms with Crippen molar-refractivity contribution in [3.05, 3.63) is 93.9 Å². The minimum Gasteiger partial charge on any atom is -0.496 e. The molecular weight excluding hydrogens is 416 g/mol. The third-order valence-corrected chi connectivity index (χ3v) is 5.81. The SMILES string of the molecule is COc1ccccc1-c1cc2c(=O)n(Cc3nc(-c4ccc(C)cc4C)oc3C)ccn2n1. The first kappa shape index (κ1) is 20.8. The molecule has 0 spiro atoms. The highest BCUT2D eigenvalue weighted by Crippen LogP contribution is 2.29. The zero-order chi connectivity index (χ0) is 23.1. The largest absolute Gasteiger partial charge is 0.496 e. The molecule has 0 saturated heterocycles. The Morgan fingerprint density at radius 1 is 1.00 bits per heavy atom. The molecule has 2 aromatic carbocycles. The third-order valence-electron chi connectivity index (χ3n) is 5.81. The van der Waals surface area contributed by atoms with Crippen molar-refractivity contribution in [2.45, 2.75) is 27.3 Å². The predicted molar refractivity (Wildman–Crippen MR) is 127 cm³/mol. The van der Waals surface area contributed by atoms with Gasteiger partial charge in [0.15, 0.2) is 0 Å². The Bertz CT molecular complexity index is 1540. The van der Waals surface area contributed by atoms with E-state index in [1.54, 1.807) is 34.7 Å². The number of ether oxygens (including phenoxy) is 1. The first-order valence-corrected chi connectivity index (χ1v) is 10.7. The molecular formula is C26H24N4O3. The van der Waals surface area contributed by atoms with Crippen LogP contribution in [-0.4, -0.2) is 26.3 Å². The van der Waals surface area contributed by atoms with E-state index in [1.807, 2.05) is 50.2 Å². The van der Waals surface area contributed by atoms with Crippen LogP contribution in [-0.2, 0) is 6.54 Å². The van der Waals surface area contributed by atoms with Gasteiger partial charge in [-0.2, -0.15) is 5.10 Å². The second kappa shape index (κ2) is 8.09. The van der Waals surface area contributed by atoms with E-state index < -0.39 is 0 Å². The number of hydrogen-bond donors (Lipinski definition) is 0. The second-order valence-corrected chi connectivity index (χ2v) is 8.13. The van der Waals surface area contributed by atoms with E-state index >= 15 is 0 Å². The summed E-state index contributed by atoms with van der Waals surface area (Å²) in [5.74, 6) is 1.97. The van der Waals surface area contributed by atoms with E-state index in [-0.39, 0.29) is 5.56 Å². The minimum absolute atomic E-state index is 0.151. The average Bonchev–Trinajstić information content (AvgIpc) is 3.40. The fraction of sp³-hybridized carbons (Fsp3) is 0.192. The second-order valence-electron chi connectivity index (χ2n) is 8.13. The smallest absolute Gasteiger partial charge is 0.276 e. The number of benzene rings is 2. The maximum atomic E-state index is 13.2. The number of methoxy groups -OCH3 is 1. The Balaban J connectivity index is 1.51. The molecule has 0 aliphatic rings. The van der Waals surface area contributed by atoms with Gasteiger partial charge in [-0.15, -0.1) is 0 Å². The van der Waals surface area contributed by atoms with Gasteiger partial charge in [-0.25, -0.2) is 9.50 Å².